The molecule has 0 amide bonds. The minimum absolute atomic E-state index is 0.225. The largest absolute Gasteiger partial charge is 0.489 e. The van der Waals surface area contributed by atoms with E-state index < -0.39 is 23.9 Å². The van der Waals surface area contributed by atoms with Gasteiger partial charge < -0.3 is 19.9 Å². The summed E-state index contributed by atoms with van der Waals surface area (Å²) in [5, 5.41) is 20.1. The number of aliphatic carboxylic acids is 2. The molecule has 1 saturated heterocycles. The van der Waals surface area contributed by atoms with Crippen LogP contribution in [0.15, 0.2) is 54.7 Å². The molecule has 4 rings (SSSR count). The number of carboxylic acid groups (broad SMARTS) is 2. The molecule has 0 radical (unpaired) electrons. The summed E-state index contributed by atoms with van der Waals surface area (Å²) in [5.74, 6) is -1.76. The number of aromatic amines is 1. The van der Waals surface area contributed by atoms with Crippen molar-refractivity contribution < 1.29 is 24.5 Å². The highest BCUT2D eigenvalue weighted by Gasteiger charge is 2.35. The smallest absolute Gasteiger partial charge is 0.325 e. The predicted molar refractivity (Wildman–Crippen MR) is 111 cm³/mol. The van der Waals surface area contributed by atoms with Gasteiger partial charge >= 0.3 is 11.9 Å². The van der Waals surface area contributed by atoms with Crippen molar-refractivity contribution in [2.75, 3.05) is 13.1 Å². The fourth-order valence-electron chi connectivity index (χ4n) is 4.11. The molecule has 2 heterocycles. The van der Waals surface area contributed by atoms with E-state index in [1.54, 1.807) is 11.1 Å². The summed E-state index contributed by atoms with van der Waals surface area (Å²) in [6.45, 7) is 1.20. The summed E-state index contributed by atoms with van der Waals surface area (Å²) in [6.07, 6.45) is 2.94. The summed E-state index contributed by atoms with van der Waals surface area (Å²) >= 11 is 0. The van der Waals surface area contributed by atoms with Gasteiger partial charge in [0.25, 0.3) is 0 Å². The highest BCUT2D eigenvalue weighted by Crippen LogP contribution is 2.33. The fraction of sp³-hybridized carbons (Fsp3) is 0.304. The minimum Gasteiger partial charge on any atom is -0.489 e. The molecule has 2 aromatic carbocycles. The second-order valence-electron chi connectivity index (χ2n) is 7.64. The predicted octanol–water partition coefficient (Wildman–Crippen LogP) is 3.67. The van der Waals surface area contributed by atoms with Crippen LogP contribution in [-0.2, 0) is 16.2 Å². The van der Waals surface area contributed by atoms with Gasteiger partial charge in [0.05, 0.1) is 5.92 Å². The van der Waals surface area contributed by atoms with Crippen LogP contribution in [0.5, 0.6) is 5.75 Å². The van der Waals surface area contributed by atoms with Gasteiger partial charge in [-0.3, -0.25) is 14.5 Å². The van der Waals surface area contributed by atoms with Crippen molar-refractivity contribution in [3.63, 3.8) is 0 Å². The highest BCUT2D eigenvalue weighted by molar-refractivity contribution is 5.90. The molecule has 0 aliphatic carbocycles. The van der Waals surface area contributed by atoms with E-state index in [2.05, 4.69) is 4.98 Å². The number of ether oxygens (including phenoxy) is 1. The first kappa shape index (κ1) is 20.0. The van der Waals surface area contributed by atoms with Gasteiger partial charge in [-0.25, -0.2) is 0 Å². The number of carbonyl (C=O) groups is 2. The maximum atomic E-state index is 12.2. The number of likely N-dealkylation sites (tertiary alicyclic amines) is 1. The second-order valence-corrected chi connectivity index (χ2v) is 7.64. The van der Waals surface area contributed by atoms with Gasteiger partial charge in [0.2, 0.25) is 0 Å². The Bertz CT molecular complexity index is 1050. The Morgan fingerprint density at radius 3 is 2.70 bits per heavy atom. The first-order chi connectivity index (χ1) is 14.5. The van der Waals surface area contributed by atoms with Crippen LogP contribution in [0.2, 0.25) is 0 Å². The Morgan fingerprint density at radius 1 is 1.17 bits per heavy atom. The van der Waals surface area contributed by atoms with E-state index >= 15 is 0 Å². The van der Waals surface area contributed by atoms with E-state index in [-0.39, 0.29) is 6.54 Å². The van der Waals surface area contributed by atoms with Crippen LogP contribution in [-0.4, -0.2) is 45.1 Å². The van der Waals surface area contributed by atoms with Crippen molar-refractivity contribution in [3.8, 4) is 5.75 Å². The number of rotatable bonds is 7. The van der Waals surface area contributed by atoms with Gasteiger partial charge in [-0.05, 0) is 43.1 Å². The van der Waals surface area contributed by atoms with E-state index in [1.807, 2.05) is 48.5 Å². The number of hydrogen-bond donors (Lipinski definition) is 3. The first-order valence-corrected chi connectivity index (χ1v) is 10.0. The summed E-state index contributed by atoms with van der Waals surface area (Å²) < 4.78 is 5.91. The van der Waals surface area contributed by atoms with Gasteiger partial charge in [0.1, 0.15) is 18.4 Å². The Kier molecular flexibility index (Phi) is 5.72. The molecular formula is C23H24N2O5. The van der Waals surface area contributed by atoms with Crippen molar-refractivity contribution >= 4 is 22.8 Å². The maximum absolute atomic E-state index is 12.2. The lowest BCUT2D eigenvalue weighted by Crippen LogP contribution is -2.43. The molecule has 7 heteroatoms. The normalized spacial score (nSPS) is 18.2. The Hall–Kier alpha value is -3.32. The van der Waals surface area contributed by atoms with Gasteiger partial charge in [0.15, 0.2) is 0 Å². The van der Waals surface area contributed by atoms with Crippen LogP contribution in [0, 0.1) is 5.92 Å². The second kappa shape index (κ2) is 8.59. The molecule has 0 spiro atoms. The van der Waals surface area contributed by atoms with Crippen LogP contribution in [0.1, 0.15) is 30.0 Å². The number of H-pyrrole nitrogens is 1. The third-order valence-electron chi connectivity index (χ3n) is 5.63. The third-order valence-corrected chi connectivity index (χ3v) is 5.63. The Morgan fingerprint density at radius 2 is 1.97 bits per heavy atom. The molecule has 0 bridgehead atoms. The summed E-state index contributed by atoms with van der Waals surface area (Å²) in [6, 6.07) is 14.5. The first-order valence-electron chi connectivity index (χ1n) is 10.0. The molecule has 30 heavy (non-hydrogen) atoms. The van der Waals surface area contributed by atoms with E-state index in [9.17, 15) is 19.8 Å². The average molecular weight is 408 g/mol. The maximum Gasteiger partial charge on any atom is 0.325 e. The molecule has 2 atom stereocenters. The zero-order valence-electron chi connectivity index (χ0n) is 16.5. The van der Waals surface area contributed by atoms with Crippen LogP contribution in [0.3, 0.4) is 0 Å². The number of piperidine rings is 1. The van der Waals surface area contributed by atoms with Crippen molar-refractivity contribution in [1.82, 2.24) is 9.88 Å². The standard InChI is InChI=1S/C23H24N2O5/c26-22(27)16-7-4-10-25(13-16)21(23(28)29)19-12-24-20-9-8-17(11-18(19)20)30-14-15-5-2-1-3-6-15/h1-3,5-6,8-9,11-12,16,21,24H,4,7,10,13-14H2,(H,26,27)(H,28,29)/t16-,21+/m0/s1. The summed E-state index contributed by atoms with van der Waals surface area (Å²) in [4.78, 5) is 28.5. The number of fused-ring (bicyclic) bond motifs is 1. The molecule has 7 nitrogen and oxygen atoms in total. The Balaban J connectivity index is 1.61. The van der Waals surface area contributed by atoms with Crippen molar-refractivity contribution in [2.24, 2.45) is 5.92 Å². The molecule has 1 aromatic heterocycles. The molecule has 3 aromatic rings. The van der Waals surface area contributed by atoms with E-state index in [4.69, 9.17) is 4.74 Å². The van der Waals surface area contributed by atoms with E-state index in [1.165, 1.54) is 0 Å². The van der Waals surface area contributed by atoms with E-state index in [0.717, 1.165) is 16.5 Å². The molecule has 0 saturated carbocycles. The number of hydrogen-bond acceptors (Lipinski definition) is 4. The molecular weight excluding hydrogens is 384 g/mol. The van der Waals surface area contributed by atoms with Crippen molar-refractivity contribution in [1.29, 1.82) is 0 Å². The van der Waals surface area contributed by atoms with Crippen LogP contribution < -0.4 is 4.74 Å². The summed E-state index contributed by atoms with van der Waals surface area (Å²) in [5.41, 5.74) is 2.48. The quantitative estimate of drug-likeness (QED) is 0.551. The lowest BCUT2D eigenvalue weighted by molar-refractivity contribution is -0.149. The highest BCUT2D eigenvalue weighted by atomic mass is 16.5. The lowest BCUT2D eigenvalue weighted by Gasteiger charge is -2.34. The van der Waals surface area contributed by atoms with Gasteiger partial charge in [-0.15, -0.1) is 0 Å². The van der Waals surface area contributed by atoms with Gasteiger partial charge in [0, 0.05) is 29.2 Å². The molecule has 0 unspecified atom stereocenters. The summed E-state index contributed by atoms with van der Waals surface area (Å²) in [7, 11) is 0. The zero-order chi connectivity index (χ0) is 21.1. The number of nitrogens with zero attached hydrogens (tertiary/aromatic N) is 1. The monoisotopic (exact) mass is 408 g/mol. The minimum atomic E-state index is -0.988. The van der Waals surface area contributed by atoms with Crippen molar-refractivity contribution in [3.05, 3.63) is 65.9 Å². The molecule has 156 valence electrons. The topological polar surface area (TPSA) is 103 Å². The average Bonchev–Trinajstić information content (AvgIpc) is 3.16. The number of benzene rings is 2. The number of aromatic nitrogens is 1. The van der Waals surface area contributed by atoms with E-state index in [0.29, 0.717) is 37.3 Å². The molecule has 1 aliphatic heterocycles. The fourth-order valence-corrected chi connectivity index (χ4v) is 4.11. The number of nitrogens with one attached hydrogen (secondary N) is 1. The molecule has 1 aliphatic rings. The van der Waals surface area contributed by atoms with Crippen molar-refractivity contribution in [2.45, 2.75) is 25.5 Å². The molecule has 3 N–H and O–H groups in total. The molecule has 1 fully saturated rings. The Labute approximate surface area is 173 Å². The SMILES string of the molecule is O=C(O)[C@H]1CCCN([C@@H](C(=O)O)c2c[nH]c3ccc(OCc4ccccc4)cc23)C1. The number of carboxylic acids is 2. The van der Waals surface area contributed by atoms with Crippen LogP contribution in [0.25, 0.3) is 10.9 Å². The van der Waals surface area contributed by atoms with Crippen LogP contribution in [0.4, 0.5) is 0 Å². The lowest BCUT2D eigenvalue weighted by atomic mass is 9.94. The zero-order valence-corrected chi connectivity index (χ0v) is 16.5. The van der Waals surface area contributed by atoms with Gasteiger partial charge in [-0.2, -0.15) is 0 Å². The van der Waals surface area contributed by atoms with Crippen LogP contribution >= 0.6 is 0 Å². The van der Waals surface area contributed by atoms with Gasteiger partial charge in [-0.1, -0.05) is 30.3 Å². The third kappa shape index (κ3) is 4.16.